The third-order valence-corrected chi connectivity index (χ3v) is 9.98. The number of fused-ring (bicyclic) bond motifs is 2. The van der Waals surface area contributed by atoms with Crippen LogP contribution in [0.25, 0.3) is 11.1 Å². The second-order valence-corrected chi connectivity index (χ2v) is 12.6. The summed E-state index contributed by atoms with van der Waals surface area (Å²) in [5.74, 6) is 0.127. The molecule has 2 saturated carbocycles. The topological polar surface area (TPSA) is 46.5 Å². The van der Waals surface area contributed by atoms with E-state index in [1.54, 1.807) is 6.07 Å². The predicted molar refractivity (Wildman–Crippen MR) is 148 cm³/mol. The van der Waals surface area contributed by atoms with Crippen LogP contribution in [0.4, 0.5) is 4.39 Å². The largest absolute Gasteiger partial charge is 0.489 e. The lowest BCUT2D eigenvalue weighted by molar-refractivity contribution is -0.139. The van der Waals surface area contributed by atoms with Crippen LogP contribution in [0.5, 0.6) is 5.75 Å². The van der Waals surface area contributed by atoms with Crippen molar-refractivity contribution >= 4 is 5.97 Å². The van der Waals surface area contributed by atoms with E-state index in [9.17, 15) is 9.90 Å². The monoisotopic (exact) mass is 512 g/mol. The first kappa shape index (κ1) is 25.2. The Balaban J connectivity index is 1.30. The van der Waals surface area contributed by atoms with Crippen LogP contribution in [-0.2, 0) is 23.2 Å². The van der Waals surface area contributed by atoms with Gasteiger partial charge in [-0.15, -0.1) is 0 Å². The fraction of sp³-hybridized carbons (Fsp3) is 0.441. The van der Waals surface area contributed by atoms with Crippen molar-refractivity contribution in [1.29, 1.82) is 0 Å². The highest BCUT2D eigenvalue weighted by Crippen LogP contribution is 2.66. The van der Waals surface area contributed by atoms with Crippen LogP contribution < -0.4 is 4.74 Å². The molecule has 2 fully saturated rings. The lowest BCUT2D eigenvalue weighted by Crippen LogP contribution is -2.17. The van der Waals surface area contributed by atoms with E-state index >= 15 is 4.39 Å². The van der Waals surface area contributed by atoms with Gasteiger partial charge >= 0.3 is 5.97 Å². The summed E-state index contributed by atoms with van der Waals surface area (Å²) in [7, 11) is 0. The minimum atomic E-state index is -0.691. The standard InChI is InChI=1S/C34H37FO3/c1-20-7-12-30(35)27(16-20)25-11-8-22(17-26(25)28-6-5-14-33(28,3)4)19-38-24-10-9-23-13-15-34(29(23)18-24)21(2)31(34)32(36)37/h7-12,16-18,21,28,31H,5-6,13-15,19H2,1-4H3,(H,36,37)/t21-,28-,31+,34-/m0/s1. The number of carbonyl (C=O) groups is 1. The van der Waals surface area contributed by atoms with Gasteiger partial charge in [0.15, 0.2) is 0 Å². The number of halogens is 1. The van der Waals surface area contributed by atoms with Crippen LogP contribution in [-0.4, -0.2) is 11.1 Å². The summed E-state index contributed by atoms with van der Waals surface area (Å²) in [6, 6.07) is 17.9. The highest BCUT2D eigenvalue weighted by Gasteiger charge is 2.68. The van der Waals surface area contributed by atoms with E-state index in [-0.39, 0.29) is 28.5 Å². The van der Waals surface area contributed by atoms with E-state index in [1.807, 2.05) is 25.1 Å². The van der Waals surface area contributed by atoms with Crippen molar-refractivity contribution in [3.05, 3.63) is 88.2 Å². The van der Waals surface area contributed by atoms with E-state index in [0.29, 0.717) is 18.1 Å². The highest BCUT2D eigenvalue weighted by atomic mass is 19.1. The van der Waals surface area contributed by atoms with Crippen LogP contribution in [0, 0.1) is 30.0 Å². The van der Waals surface area contributed by atoms with E-state index in [1.165, 1.54) is 24.0 Å². The average Bonchev–Trinajstić information content (AvgIpc) is 3.11. The molecule has 4 heteroatoms. The summed E-state index contributed by atoms with van der Waals surface area (Å²) in [4.78, 5) is 11.8. The molecule has 3 aromatic rings. The molecule has 0 aliphatic heterocycles. The number of hydrogen-bond acceptors (Lipinski definition) is 2. The Labute approximate surface area is 225 Å². The molecule has 0 saturated heterocycles. The quantitative estimate of drug-likeness (QED) is 0.362. The Morgan fingerprint density at radius 3 is 2.58 bits per heavy atom. The van der Waals surface area contributed by atoms with Gasteiger partial charge in [0.25, 0.3) is 0 Å². The van der Waals surface area contributed by atoms with Crippen molar-refractivity contribution in [3.63, 3.8) is 0 Å². The number of benzene rings is 3. The summed E-state index contributed by atoms with van der Waals surface area (Å²) in [5, 5.41) is 9.73. The molecule has 0 aromatic heterocycles. The third-order valence-electron chi connectivity index (χ3n) is 9.98. The van der Waals surface area contributed by atoms with Crippen LogP contribution in [0.2, 0.25) is 0 Å². The molecular weight excluding hydrogens is 475 g/mol. The number of hydrogen-bond donors (Lipinski definition) is 1. The van der Waals surface area contributed by atoms with E-state index < -0.39 is 5.97 Å². The Morgan fingerprint density at radius 2 is 1.87 bits per heavy atom. The van der Waals surface area contributed by atoms with Crippen LogP contribution in [0.3, 0.4) is 0 Å². The van der Waals surface area contributed by atoms with Gasteiger partial charge in [0, 0.05) is 11.0 Å². The van der Waals surface area contributed by atoms with Crippen LogP contribution in [0.15, 0.2) is 54.6 Å². The van der Waals surface area contributed by atoms with Crippen molar-refractivity contribution in [2.45, 2.75) is 77.7 Å². The molecule has 6 rings (SSSR count). The lowest BCUT2D eigenvalue weighted by Gasteiger charge is -2.30. The van der Waals surface area contributed by atoms with Crippen LogP contribution in [0.1, 0.15) is 80.2 Å². The summed E-state index contributed by atoms with van der Waals surface area (Å²) < 4.78 is 21.3. The van der Waals surface area contributed by atoms with E-state index in [0.717, 1.165) is 47.3 Å². The zero-order chi connectivity index (χ0) is 26.8. The Kier molecular flexibility index (Phi) is 5.93. The minimum absolute atomic E-state index is 0.156. The van der Waals surface area contributed by atoms with Crippen molar-refractivity contribution in [1.82, 2.24) is 0 Å². The molecule has 3 aliphatic rings. The molecule has 3 aromatic carbocycles. The molecule has 1 N–H and O–H groups in total. The van der Waals surface area contributed by atoms with Gasteiger partial charge in [0.05, 0.1) is 5.92 Å². The molecule has 3 aliphatic carbocycles. The zero-order valence-corrected chi connectivity index (χ0v) is 22.8. The SMILES string of the molecule is Cc1ccc(F)c(-c2ccc(COc3ccc4c(c3)[C@]3(CC4)[C@@H](C)[C@@H]3C(=O)O)cc2[C@@H]2CCCC2(C)C)c1. The zero-order valence-electron chi connectivity index (χ0n) is 22.8. The molecule has 38 heavy (non-hydrogen) atoms. The van der Waals surface area contributed by atoms with Crippen molar-refractivity contribution < 1.29 is 19.0 Å². The Hall–Kier alpha value is -3.14. The lowest BCUT2D eigenvalue weighted by atomic mass is 9.75. The number of ether oxygens (including phenoxy) is 1. The summed E-state index contributed by atoms with van der Waals surface area (Å²) in [5.41, 5.74) is 7.32. The normalized spacial score (nSPS) is 26.9. The predicted octanol–water partition coefficient (Wildman–Crippen LogP) is 8.21. The molecule has 1 spiro atoms. The fourth-order valence-electron chi connectivity index (χ4n) is 7.78. The van der Waals surface area contributed by atoms with Crippen molar-refractivity contribution in [3.8, 4) is 16.9 Å². The summed E-state index contributed by atoms with van der Waals surface area (Å²) >= 11 is 0. The molecule has 0 amide bonds. The first-order chi connectivity index (χ1) is 18.1. The maximum atomic E-state index is 15.0. The second kappa shape index (κ2) is 8.97. The smallest absolute Gasteiger partial charge is 0.307 e. The minimum Gasteiger partial charge on any atom is -0.489 e. The number of rotatable bonds is 6. The van der Waals surface area contributed by atoms with Gasteiger partial charge in [0.2, 0.25) is 0 Å². The van der Waals surface area contributed by atoms with Gasteiger partial charge in [0.1, 0.15) is 18.2 Å². The summed E-state index contributed by atoms with van der Waals surface area (Å²) in [6.07, 6.45) is 5.29. The van der Waals surface area contributed by atoms with Gasteiger partial charge in [-0.1, -0.05) is 63.1 Å². The number of aryl methyl sites for hydroxylation is 2. The molecule has 4 atom stereocenters. The Bertz CT molecular complexity index is 1420. The summed E-state index contributed by atoms with van der Waals surface area (Å²) in [6.45, 7) is 9.14. The average molecular weight is 513 g/mol. The van der Waals surface area contributed by atoms with Crippen molar-refractivity contribution in [2.75, 3.05) is 0 Å². The first-order valence-electron chi connectivity index (χ1n) is 14.0. The van der Waals surface area contributed by atoms with Gasteiger partial charge in [-0.25, -0.2) is 4.39 Å². The second-order valence-electron chi connectivity index (χ2n) is 12.6. The third kappa shape index (κ3) is 3.95. The van der Waals surface area contributed by atoms with E-state index in [2.05, 4.69) is 51.1 Å². The maximum Gasteiger partial charge on any atom is 0.307 e. The maximum absolute atomic E-state index is 15.0. The van der Waals surface area contributed by atoms with Gasteiger partial charge in [-0.2, -0.15) is 0 Å². The highest BCUT2D eigenvalue weighted by molar-refractivity contribution is 5.79. The number of aliphatic carboxylic acids is 1. The molecule has 0 heterocycles. The number of carboxylic acid groups (broad SMARTS) is 1. The molecule has 0 bridgehead atoms. The van der Waals surface area contributed by atoms with E-state index in [4.69, 9.17) is 4.74 Å². The van der Waals surface area contributed by atoms with Gasteiger partial charge < -0.3 is 9.84 Å². The first-order valence-corrected chi connectivity index (χ1v) is 14.0. The number of carboxylic acids is 1. The molecule has 198 valence electrons. The Morgan fingerprint density at radius 1 is 1.05 bits per heavy atom. The molecule has 0 unspecified atom stereocenters. The molecule has 0 radical (unpaired) electrons. The van der Waals surface area contributed by atoms with Crippen LogP contribution >= 0.6 is 0 Å². The van der Waals surface area contributed by atoms with Gasteiger partial charge in [-0.3, -0.25) is 4.79 Å². The van der Waals surface area contributed by atoms with Gasteiger partial charge in [-0.05, 0) is 102 Å². The molecular formula is C34H37FO3. The van der Waals surface area contributed by atoms with Crippen molar-refractivity contribution in [2.24, 2.45) is 17.3 Å². The molecule has 3 nitrogen and oxygen atoms in total. The fourth-order valence-corrected chi connectivity index (χ4v) is 7.78.